The van der Waals surface area contributed by atoms with Crippen LogP contribution in [0.1, 0.15) is 11.1 Å². The summed E-state index contributed by atoms with van der Waals surface area (Å²) >= 11 is 0. The highest BCUT2D eigenvalue weighted by atomic mass is 32.2. The molecule has 0 aliphatic carbocycles. The highest BCUT2D eigenvalue weighted by Crippen LogP contribution is 2.35. The van der Waals surface area contributed by atoms with E-state index in [-0.39, 0.29) is 18.1 Å². The molecule has 0 N–H and O–H groups in total. The summed E-state index contributed by atoms with van der Waals surface area (Å²) in [7, 11) is -4.51. The summed E-state index contributed by atoms with van der Waals surface area (Å²) in [5.41, 5.74) is 8.59. The molecule has 0 radical (unpaired) electrons. The van der Waals surface area contributed by atoms with Gasteiger partial charge in [0.25, 0.3) is 0 Å². The van der Waals surface area contributed by atoms with Crippen molar-refractivity contribution in [1.29, 1.82) is 0 Å². The molecule has 0 atom stereocenters. The van der Waals surface area contributed by atoms with Gasteiger partial charge in [0, 0.05) is 0 Å². The molecule has 0 amide bonds. The third-order valence-corrected chi connectivity index (χ3v) is 10.4. The first kappa shape index (κ1) is 41.4. The number of rotatable bonds is 19. The summed E-state index contributed by atoms with van der Waals surface area (Å²) < 4.78 is 68.7. The van der Waals surface area contributed by atoms with Crippen LogP contribution in [0.15, 0.2) is 169 Å². The average molecular weight is 822 g/mol. The van der Waals surface area contributed by atoms with Gasteiger partial charge in [-0.05, 0) is 150 Å². The van der Waals surface area contributed by atoms with Gasteiger partial charge in [-0.2, -0.15) is 0 Å². The van der Waals surface area contributed by atoms with E-state index in [0.717, 1.165) is 56.4 Å². The zero-order valence-corrected chi connectivity index (χ0v) is 34.2. The summed E-state index contributed by atoms with van der Waals surface area (Å²) in [6.07, 6.45) is 0. The quantitative estimate of drug-likeness (QED) is 0.0581. The summed E-state index contributed by atoms with van der Waals surface area (Å²) in [5.74, 6) is 4.27. The lowest BCUT2D eigenvalue weighted by atomic mass is 9.93. The monoisotopic (exact) mass is 821 g/mol. The Labute approximate surface area is 351 Å². The first-order chi connectivity index (χ1) is 29.1. The Bertz CT molecular complexity index is 2420. The van der Waals surface area contributed by atoms with Crippen LogP contribution in [0.3, 0.4) is 0 Å². The predicted octanol–water partition coefficient (Wildman–Crippen LogP) is 10.6. The molecule has 10 heteroatoms. The second kappa shape index (κ2) is 19.8. The highest BCUT2D eigenvalue weighted by Gasteiger charge is 2.10. The van der Waals surface area contributed by atoms with Gasteiger partial charge in [0.2, 0.25) is 0 Å². The molecule has 0 spiro atoms. The third kappa shape index (κ3) is 11.9. The number of aryl methyl sites for hydroxylation is 2. The Hall–Kier alpha value is -6.75. The molecule has 0 saturated carbocycles. The van der Waals surface area contributed by atoms with Crippen molar-refractivity contribution in [2.75, 3.05) is 39.6 Å². The van der Waals surface area contributed by atoms with E-state index in [4.69, 9.17) is 28.4 Å². The molecule has 0 unspecified atom stereocenters. The average Bonchev–Trinajstić information content (AvgIpc) is 3.27. The van der Waals surface area contributed by atoms with Crippen LogP contribution in [0.25, 0.3) is 33.4 Å². The van der Waals surface area contributed by atoms with E-state index in [1.54, 1.807) is 0 Å². The largest absolute Gasteiger partial charge is 0.744 e. The highest BCUT2D eigenvalue weighted by molar-refractivity contribution is 7.85. The van der Waals surface area contributed by atoms with E-state index in [1.165, 1.54) is 35.4 Å². The van der Waals surface area contributed by atoms with E-state index in [0.29, 0.717) is 37.9 Å². The van der Waals surface area contributed by atoms with E-state index in [1.807, 2.05) is 111 Å². The van der Waals surface area contributed by atoms with Crippen LogP contribution in [-0.2, 0) is 10.1 Å². The fourth-order valence-electron chi connectivity index (χ4n) is 6.29. The Morgan fingerprint density at radius 1 is 0.333 bits per heavy atom. The van der Waals surface area contributed by atoms with Gasteiger partial charge in [0.1, 0.15) is 84.3 Å². The second-order valence-corrected chi connectivity index (χ2v) is 15.4. The van der Waals surface area contributed by atoms with E-state index >= 15 is 0 Å². The van der Waals surface area contributed by atoms with Gasteiger partial charge in [-0.15, -0.1) is 0 Å². The number of ether oxygens (including phenoxy) is 6. The van der Waals surface area contributed by atoms with Crippen molar-refractivity contribution >= 4 is 10.1 Å². The van der Waals surface area contributed by atoms with Crippen molar-refractivity contribution in [3.05, 3.63) is 175 Å². The van der Waals surface area contributed by atoms with Crippen molar-refractivity contribution < 1.29 is 41.4 Å². The Morgan fingerprint density at radius 3 is 0.783 bits per heavy atom. The molecule has 7 aromatic carbocycles. The van der Waals surface area contributed by atoms with Crippen molar-refractivity contribution in [1.82, 2.24) is 0 Å². The lowest BCUT2D eigenvalue weighted by Crippen LogP contribution is -2.09. The molecular weight excluding hydrogens is 777 g/mol. The first-order valence-electron chi connectivity index (χ1n) is 19.6. The Kier molecular flexibility index (Phi) is 13.7. The normalized spacial score (nSPS) is 11.1. The standard InChI is InChI=1S/C50H46O9S/c1-36-3-13-44(14-4-36)54-27-29-56-46-17-7-38(8-18-46)41-33-42(39-9-19-47(20-10-39)57-30-28-55-45-15-5-37(2)6-16-45)35-43(34-41)40-11-21-48(22-12-40)58-31-32-59-49-23-25-50(26-24-49)60(51,52)53/h3-26,33-35H,27-32H2,1-2H3,(H,51,52,53)/p-1. The van der Waals surface area contributed by atoms with E-state index < -0.39 is 10.1 Å². The SMILES string of the molecule is Cc1ccc(OCCOc2ccc(-c3cc(-c4ccc(OCCOc5ccc(C)cc5)cc4)cc(-c4ccc(OCCOc5ccc(S(=O)(=O)[O-])cc5)cc4)c3)cc2)cc1. The van der Waals surface area contributed by atoms with Crippen LogP contribution in [0.4, 0.5) is 0 Å². The zero-order valence-electron chi connectivity index (χ0n) is 33.4. The molecule has 0 aromatic heterocycles. The minimum atomic E-state index is -4.51. The Morgan fingerprint density at radius 2 is 0.550 bits per heavy atom. The summed E-state index contributed by atoms with van der Waals surface area (Å²) in [4.78, 5) is -0.304. The molecule has 0 bridgehead atoms. The first-order valence-corrected chi connectivity index (χ1v) is 21.0. The molecule has 7 rings (SSSR count). The van der Waals surface area contributed by atoms with Gasteiger partial charge in [-0.1, -0.05) is 71.8 Å². The maximum atomic E-state index is 11.2. The van der Waals surface area contributed by atoms with Gasteiger partial charge in [-0.25, -0.2) is 8.42 Å². The molecular formula is C50H45O9S-. The van der Waals surface area contributed by atoms with Gasteiger partial charge >= 0.3 is 0 Å². The van der Waals surface area contributed by atoms with Crippen molar-refractivity contribution in [3.63, 3.8) is 0 Å². The molecule has 0 heterocycles. The van der Waals surface area contributed by atoms with E-state index in [9.17, 15) is 13.0 Å². The lowest BCUT2D eigenvalue weighted by Gasteiger charge is -2.14. The number of hydrogen-bond donors (Lipinski definition) is 0. The molecule has 9 nitrogen and oxygen atoms in total. The van der Waals surface area contributed by atoms with Crippen LogP contribution < -0.4 is 28.4 Å². The van der Waals surface area contributed by atoms with Gasteiger partial charge < -0.3 is 33.0 Å². The van der Waals surface area contributed by atoms with Crippen LogP contribution in [0.2, 0.25) is 0 Å². The molecule has 7 aromatic rings. The maximum Gasteiger partial charge on any atom is 0.124 e. The minimum Gasteiger partial charge on any atom is -0.744 e. The van der Waals surface area contributed by atoms with E-state index in [2.05, 4.69) is 42.5 Å². The molecule has 0 saturated heterocycles. The fourth-order valence-corrected chi connectivity index (χ4v) is 6.76. The zero-order chi connectivity index (χ0) is 41.7. The summed E-state index contributed by atoms with van der Waals surface area (Å²) in [6, 6.07) is 51.8. The van der Waals surface area contributed by atoms with Gasteiger partial charge in [-0.3, -0.25) is 0 Å². The third-order valence-electron chi connectivity index (χ3n) is 9.51. The van der Waals surface area contributed by atoms with Crippen LogP contribution >= 0.6 is 0 Å². The molecule has 0 aliphatic heterocycles. The molecule has 306 valence electrons. The smallest absolute Gasteiger partial charge is 0.124 e. The summed E-state index contributed by atoms with van der Waals surface area (Å²) in [6.45, 7) is 6.30. The molecule has 0 aliphatic rings. The van der Waals surface area contributed by atoms with Gasteiger partial charge in [0.05, 0.1) is 4.90 Å². The van der Waals surface area contributed by atoms with Crippen LogP contribution in [-0.4, -0.2) is 52.6 Å². The van der Waals surface area contributed by atoms with Gasteiger partial charge in [0.15, 0.2) is 0 Å². The minimum absolute atomic E-state index is 0.229. The lowest BCUT2D eigenvalue weighted by molar-refractivity contribution is 0.217. The van der Waals surface area contributed by atoms with Crippen LogP contribution in [0.5, 0.6) is 34.5 Å². The number of hydrogen-bond acceptors (Lipinski definition) is 9. The Balaban J connectivity index is 1.02. The predicted molar refractivity (Wildman–Crippen MR) is 232 cm³/mol. The fraction of sp³-hybridized carbons (Fsp3) is 0.160. The summed E-state index contributed by atoms with van der Waals surface area (Å²) in [5, 5.41) is 0. The molecule has 0 fully saturated rings. The second-order valence-electron chi connectivity index (χ2n) is 14.0. The maximum absolute atomic E-state index is 11.2. The van der Waals surface area contributed by atoms with Crippen molar-refractivity contribution in [2.24, 2.45) is 0 Å². The molecule has 60 heavy (non-hydrogen) atoms. The van der Waals surface area contributed by atoms with Crippen LogP contribution in [0, 0.1) is 13.8 Å². The topological polar surface area (TPSA) is 113 Å². The van der Waals surface area contributed by atoms with Crippen molar-refractivity contribution in [2.45, 2.75) is 18.7 Å². The number of benzene rings is 7. The van der Waals surface area contributed by atoms with Crippen molar-refractivity contribution in [3.8, 4) is 67.9 Å².